The SMILES string of the molecule is Cc1ccsc1C(=O)N(CCCO)C(C)C. The van der Waals surface area contributed by atoms with Gasteiger partial charge in [0.1, 0.15) is 0 Å². The highest BCUT2D eigenvalue weighted by atomic mass is 32.1. The summed E-state index contributed by atoms with van der Waals surface area (Å²) in [6.07, 6.45) is 0.633. The molecule has 1 amide bonds. The molecular weight excluding hydrogens is 222 g/mol. The standard InChI is InChI=1S/C12H19NO2S/c1-9(2)13(6-4-7-14)12(15)11-10(3)5-8-16-11/h5,8-9,14H,4,6-7H2,1-3H3. The Hall–Kier alpha value is -0.870. The van der Waals surface area contributed by atoms with Crippen LogP contribution in [0.25, 0.3) is 0 Å². The third-order valence-electron chi connectivity index (χ3n) is 2.50. The van der Waals surface area contributed by atoms with Crippen LogP contribution in [0.15, 0.2) is 11.4 Å². The third kappa shape index (κ3) is 3.06. The van der Waals surface area contributed by atoms with Crippen LogP contribution in [-0.4, -0.2) is 35.1 Å². The van der Waals surface area contributed by atoms with Crippen LogP contribution in [0, 0.1) is 6.92 Å². The van der Waals surface area contributed by atoms with Crippen LogP contribution < -0.4 is 0 Å². The normalized spacial score (nSPS) is 10.8. The minimum atomic E-state index is 0.0796. The van der Waals surface area contributed by atoms with E-state index in [0.29, 0.717) is 13.0 Å². The molecule has 1 heterocycles. The lowest BCUT2D eigenvalue weighted by molar-refractivity contribution is 0.0697. The summed E-state index contributed by atoms with van der Waals surface area (Å²) in [6, 6.07) is 2.13. The zero-order chi connectivity index (χ0) is 12.1. The van der Waals surface area contributed by atoms with Gasteiger partial charge in [-0.05, 0) is 44.2 Å². The average Bonchev–Trinajstić information content (AvgIpc) is 2.64. The molecular formula is C12H19NO2S. The number of aliphatic hydroxyl groups is 1. The van der Waals surface area contributed by atoms with E-state index >= 15 is 0 Å². The van der Waals surface area contributed by atoms with Gasteiger partial charge in [0.05, 0.1) is 4.88 Å². The molecule has 1 rings (SSSR count). The van der Waals surface area contributed by atoms with Crippen LogP contribution in [0.1, 0.15) is 35.5 Å². The highest BCUT2D eigenvalue weighted by Gasteiger charge is 2.20. The largest absolute Gasteiger partial charge is 0.396 e. The first-order valence-electron chi connectivity index (χ1n) is 5.53. The Balaban J connectivity index is 2.79. The molecule has 0 aliphatic carbocycles. The number of hydrogen-bond acceptors (Lipinski definition) is 3. The Bertz CT molecular complexity index is 347. The van der Waals surface area contributed by atoms with E-state index < -0.39 is 0 Å². The van der Waals surface area contributed by atoms with E-state index in [4.69, 9.17) is 5.11 Å². The predicted molar refractivity (Wildman–Crippen MR) is 66.9 cm³/mol. The maximum absolute atomic E-state index is 12.2. The summed E-state index contributed by atoms with van der Waals surface area (Å²) in [5.41, 5.74) is 1.03. The van der Waals surface area contributed by atoms with Gasteiger partial charge in [0.15, 0.2) is 0 Å². The van der Waals surface area contributed by atoms with Crippen LogP contribution in [0.3, 0.4) is 0 Å². The second-order valence-electron chi connectivity index (χ2n) is 4.10. The molecule has 16 heavy (non-hydrogen) atoms. The zero-order valence-corrected chi connectivity index (χ0v) is 10.9. The van der Waals surface area contributed by atoms with E-state index in [0.717, 1.165) is 10.4 Å². The molecule has 0 aromatic carbocycles. The Morgan fingerprint density at radius 3 is 2.69 bits per heavy atom. The molecule has 1 aromatic heterocycles. The van der Waals surface area contributed by atoms with Gasteiger partial charge in [-0.15, -0.1) is 11.3 Å². The number of thiophene rings is 1. The van der Waals surface area contributed by atoms with Gasteiger partial charge in [-0.2, -0.15) is 0 Å². The van der Waals surface area contributed by atoms with Crippen molar-refractivity contribution in [2.24, 2.45) is 0 Å². The second kappa shape index (κ2) is 6.01. The fourth-order valence-electron chi connectivity index (χ4n) is 1.56. The number of hydrogen-bond donors (Lipinski definition) is 1. The summed E-state index contributed by atoms with van der Waals surface area (Å²) < 4.78 is 0. The molecule has 0 radical (unpaired) electrons. The molecule has 1 aromatic rings. The summed E-state index contributed by atoms with van der Waals surface area (Å²) in [6.45, 7) is 6.69. The monoisotopic (exact) mass is 241 g/mol. The maximum Gasteiger partial charge on any atom is 0.264 e. The van der Waals surface area contributed by atoms with Gasteiger partial charge in [0.2, 0.25) is 0 Å². The van der Waals surface area contributed by atoms with Crippen molar-refractivity contribution in [1.29, 1.82) is 0 Å². The molecule has 0 aliphatic rings. The number of carbonyl (C=O) groups excluding carboxylic acids is 1. The van der Waals surface area contributed by atoms with E-state index in [1.54, 1.807) is 0 Å². The summed E-state index contributed by atoms with van der Waals surface area (Å²) >= 11 is 1.48. The third-order valence-corrected chi connectivity index (χ3v) is 3.50. The van der Waals surface area contributed by atoms with Crippen LogP contribution in [0.4, 0.5) is 0 Å². The smallest absolute Gasteiger partial charge is 0.264 e. The van der Waals surface area contributed by atoms with Crippen molar-refractivity contribution in [3.05, 3.63) is 21.9 Å². The zero-order valence-electron chi connectivity index (χ0n) is 10.1. The molecule has 0 atom stereocenters. The average molecular weight is 241 g/mol. The highest BCUT2D eigenvalue weighted by Crippen LogP contribution is 2.19. The van der Waals surface area contributed by atoms with Crippen LogP contribution in [-0.2, 0) is 0 Å². The van der Waals surface area contributed by atoms with E-state index in [1.807, 2.05) is 37.1 Å². The number of carbonyl (C=O) groups is 1. The van der Waals surface area contributed by atoms with E-state index in [1.165, 1.54) is 11.3 Å². The molecule has 0 saturated carbocycles. The van der Waals surface area contributed by atoms with Crippen LogP contribution >= 0.6 is 11.3 Å². The lowest BCUT2D eigenvalue weighted by atomic mass is 10.2. The minimum Gasteiger partial charge on any atom is -0.396 e. The number of rotatable bonds is 5. The molecule has 1 N–H and O–H groups in total. The first-order valence-corrected chi connectivity index (χ1v) is 6.41. The predicted octanol–water partition coefficient (Wildman–Crippen LogP) is 2.29. The van der Waals surface area contributed by atoms with E-state index in [-0.39, 0.29) is 18.6 Å². The first kappa shape index (κ1) is 13.2. The maximum atomic E-state index is 12.2. The van der Waals surface area contributed by atoms with Gasteiger partial charge in [-0.25, -0.2) is 0 Å². The molecule has 90 valence electrons. The lowest BCUT2D eigenvalue weighted by Gasteiger charge is -2.26. The van der Waals surface area contributed by atoms with Crippen molar-refractivity contribution in [3.8, 4) is 0 Å². The van der Waals surface area contributed by atoms with Gasteiger partial charge in [-0.3, -0.25) is 4.79 Å². The molecule has 0 bridgehead atoms. The number of aryl methyl sites for hydroxylation is 1. The summed E-state index contributed by atoms with van der Waals surface area (Å²) in [7, 11) is 0. The van der Waals surface area contributed by atoms with Crippen molar-refractivity contribution in [3.63, 3.8) is 0 Å². The van der Waals surface area contributed by atoms with Crippen molar-refractivity contribution < 1.29 is 9.90 Å². The quantitative estimate of drug-likeness (QED) is 0.859. The number of aliphatic hydroxyl groups excluding tert-OH is 1. The van der Waals surface area contributed by atoms with Crippen molar-refractivity contribution in [2.75, 3.05) is 13.2 Å². The lowest BCUT2D eigenvalue weighted by Crippen LogP contribution is -2.37. The van der Waals surface area contributed by atoms with Crippen molar-refractivity contribution in [2.45, 2.75) is 33.2 Å². The fourth-order valence-corrected chi connectivity index (χ4v) is 2.44. The molecule has 0 spiro atoms. The summed E-state index contributed by atoms with van der Waals surface area (Å²) in [4.78, 5) is 14.9. The Kier molecular flexibility index (Phi) is 4.96. The molecule has 0 unspecified atom stereocenters. The minimum absolute atomic E-state index is 0.0796. The Morgan fingerprint density at radius 2 is 2.25 bits per heavy atom. The first-order chi connectivity index (χ1) is 7.57. The fraction of sp³-hybridized carbons (Fsp3) is 0.583. The molecule has 0 saturated heterocycles. The van der Waals surface area contributed by atoms with Crippen molar-refractivity contribution in [1.82, 2.24) is 4.90 Å². The van der Waals surface area contributed by atoms with Gasteiger partial charge in [0, 0.05) is 19.2 Å². The highest BCUT2D eigenvalue weighted by molar-refractivity contribution is 7.12. The Morgan fingerprint density at radius 1 is 1.56 bits per heavy atom. The molecule has 4 heteroatoms. The van der Waals surface area contributed by atoms with Crippen molar-refractivity contribution >= 4 is 17.2 Å². The van der Waals surface area contributed by atoms with E-state index in [2.05, 4.69) is 0 Å². The summed E-state index contributed by atoms with van der Waals surface area (Å²) in [5, 5.41) is 10.8. The van der Waals surface area contributed by atoms with Gasteiger partial charge in [-0.1, -0.05) is 0 Å². The summed E-state index contributed by atoms with van der Waals surface area (Å²) in [5.74, 6) is 0.0796. The van der Waals surface area contributed by atoms with Crippen LogP contribution in [0.5, 0.6) is 0 Å². The van der Waals surface area contributed by atoms with Gasteiger partial charge in [0.25, 0.3) is 5.91 Å². The topological polar surface area (TPSA) is 40.5 Å². The Labute approximate surface area is 101 Å². The van der Waals surface area contributed by atoms with Crippen LogP contribution in [0.2, 0.25) is 0 Å². The number of amides is 1. The molecule has 3 nitrogen and oxygen atoms in total. The second-order valence-corrected chi connectivity index (χ2v) is 5.02. The van der Waals surface area contributed by atoms with Gasteiger partial charge >= 0.3 is 0 Å². The molecule has 0 aliphatic heterocycles. The van der Waals surface area contributed by atoms with Gasteiger partial charge < -0.3 is 10.0 Å². The molecule has 0 fully saturated rings. The van der Waals surface area contributed by atoms with E-state index in [9.17, 15) is 4.79 Å². The number of nitrogens with zero attached hydrogens (tertiary/aromatic N) is 1.